The largest absolute Gasteiger partial charge is 0.464 e. The van der Waals surface area contributed by atoms with E-state index in [0.717, 1.165) is 0 Å². The van der Waals surface area contributed by atoms with Crippen LogP contribution in [0.2, 0.25) is 0 Å². The molecule has 2 nitrogen and oxygen atoms in total. The molecule has 1 rings (SSSR count). The minimum absolute atomic E-state index is 0.0470. The molecule has 0 aromatic carbocycles. The fourth-order valence-electron chi connectivity index (χ4n) is 0.933. The molecule has 0 N–H and O–H groups in total. The molecule has 0 saturated carbocycles. The summed E-state index contributed by atoms with van der Waals surface area (Å²) in [5.74, 6) is 0.514. The normalized spacial score (nSPS) is 10.4. The first-order valence-corrected chi connectivity index (χ1v) is 3.66. The summed E-state index contributed by atoms with van der Waals surface area (Å²) in [6, 6.07) is 1.39. The average Bonchev–Trinajstić information content (AvgIpc) is 2.09. The Hall–Kier alpha value is -1.57. The molecule has 1 aromatic rings. The van der Waals surface area contributed by atoms with E-state index in [2.05, 4.69) is 6.58 Å². The van der Waals surface area contributed by atoms with Crippen molar-refractivity contribution in [2.75, 3.05) is 0 Å². The number of allylic oxidation sites excluding steroid dienone is 1. The van der Waals surface area contributed by atoms with Gasteiger partial charge in [0, 0.05) is 6.07 Å². The van der Waals surface area contributed by atoms with Crippen LogP contribution in [0.25, 0.3) is 12.2 Å². The summed E-state index contributed by atoms with van der Waals surface area (Å²) in [6.45, 7) is 5.39. The zero-order valence-corrected chi connectivity index (χ0v) is 6.91. The number of hydrogen-bond acceptors (Lipinski definition) is 2. The third kappa shape index (κ3) is 1.53. The maximum absolute atomic E-state index is 11.2. The summed E-state index contributed by atoms with van der Waals surface area (Å²) in [5.41, 5.74) is 0.504. The molecular weight excluding hydrogens is 152 g/mol. The quantitative estimate of drug-likeness (QED) is 0.668. The average molecular weight is 162 g/mol. The fourth-order valence-corrected chi connectivity index (χ4v) is 0.933. The lowest BCUT2D eigenvalue weighted by Crippen LogP contribution is -2.03. The molecule has 0 radical (unpaired) electrons. The van der Waals surface area contributed by atoms with Crippen LogP contribution in [0.4, 0.5) is 0 Å². The molecular formula is C10H10O2. The third-order valence-corrected chi connectivity index (χ3v) is 1.46. The van der Waals surface area contributed by atoms with Crippen LogP contribution in [0.1, 0.15) is 18.2 Å². The highest BCUT2D eigenvalue weighted by molar-refractivity contribution is 5.59. The maximum Gasteiger partial charge on any atom is 0.192 e. The van der Waals surface area contributed by atoms with Crippen molar-refractivity contribution in [2.45, 2.75) is 6.92 Å². The monoisotopic (exact) mass is 162 g/mol. The van der Waals surface area contributed by atoms with Crippen molar-refractivity contribution < 1.29 is 4.42 Å². The molecule has 0 fully saturated rings. The topological polar surface area (TPSA) is 30.2 Å². The predicted octanol–water partition coefficient (Wildman–Crippen LogP) is 2.32. The van der Waals surface area contributed by atoms with Gasteiger partial charge in [-0.15, -0.1) is 0 Å². The van der Waals surface area contributed by atoms with Crippen LogP contribution < -0.4 is 5.43 Å². The van der Waals surface area contributed by atoms with Crippen LogP contribution >= 0.6 is 0 Å². The van der Waals surface area contributed by atoms with Crippen LogP contribution in [0.3, 0.4) is 0 Å². The molecule has 0 spiro atoms. The Labute approximate surface area is 70.8 Å². The number of rotatable bonds is 2. The molecule has 0 atom stereocenters. The van der Waals surface area contributed by atoms with Crippen LogP contribution in [-0.2, 0) is 0 Å². The highest BCUT2D eigenvalue weighted by Crippen LogP contribution is 2.06. The summed E-state index contributed by atoms with van der Waals surface area (Å²) in [6.07, 6.45) is 6.39. The van der Waals surface area contributed by atoms with E-state index in [4.69, 9.17) is 4.42 Å². The lowest BCUT2D eigenvalue weighted by molar-refractivity contribution is 0.536. The summed E-state index contributed by atoms with van der Waals surface area (Å²) in [7, 11) is 0. The Morgan fingerprint density at radius 1 is 1.58 bits per heavy atom. The van der Waals surface area contributed by atoms with Gasteiger partial charge in [-0.2, -0.15) is 0 Å². The molecule has 0 aliphatic carbocycles. The minimum atomic E-state index is -0.0470. The van der Waals surface area contributed by atoms with Gasteiger partial charge in [0.05, 0.1) is 11.8 Å². The van der Waals surface area contributed by atoms with E-state index in [1.807, 2.05) is 6.92 Å². The molecule has 0 saturated heterocycles. The Bertz CT molecular complexity index is 358. The van der Waals surface area contributed by atoms with Gasteiger partial charge < -0.3 is 4.42 Å². The highest BCUT2D eigenvalue weighted by Gasteiger charge is 2.00. The van der Waals surface area contributed by atoms with E-state index in [1.54, 1.807) is 12.2 Å². The predicted molar refractivity (Wildman–Crippen MR) is 49.8 cm³/mol. The second kappa shape index (κ2) is 3.72. The zero-order valence-electron chi connectivity index (χ0n) is 6.91. The first-order valence-electron chi connectivity index (χ1n) is 3.66. The van der Waals surface area contributed by atoms with Crippen molar-refractivity contribution in [3.05, 3.63) is 46.5 Å². The molecule has 0 bridgehead atoms. The molecule has 12 heavy (non-hydrogen) atoms. The molecule has 0 amide bonds. The molecule has 62 valence electrons. The molecule has 2 heteroatoms. The molecule has 0 aliphatic heterocycles. The van der Waals surface area contributed by atoms with Gasteiger partial charge in [0.1, 0.15) is 5.76 Å². The SMILES string of the molecule is C=Cc1occc(=O)c1/C=C\C. The smallest absolute Gasteiger partial charge is 0.192 e. The number of hydrogen-bond donors (Lipinski definition) is 0. The van der Waals surface area contributed by atoms with Crippen LogP contribution in [0.5, 0.6) is 0 Å². The third-order valence-electron chi connectivity index (χ3n) is 1.46. The van der Waals surface area contributed by atoms with Crippen molar-refractivity contribution in [3.8, 4) is 0 Å². The standard InChI is InChI=1S/C10H10O2/c1-3-5-8-9(11)6-7-12-10(8)4-2/h3-7H,2H2,1H3/b5-3-. The van der Waals surface area contributed by atoms with Gasteiger partial charge in [-0.1, -0.05) is 18.7 Å². The van der Waals surface area contributed by atoms with Gasteiger partial charge in [-0.25, -0.2) is 0 Å². The second-order valence-corrected chi connectivity index (χ2v) is 2.27. The molecule has 0 aliphatic rings. The van der Waals surface area contributed by atoms with Crippen molar-refractivity contribution in [1.82, 2.24) is 0 Å². The van der Waals surface area contributed by atoms with Gasteiger partial charge in [-0.3, -0.25) is 4.79 Å². The van der Waals surface area contributed by atoms with E-state index in [9.17, 15) is 4.79 Å². The lowest BCUT2D eigenvalue weighted by atomic mass is 10.2. The van der Waals surface area contributed by atoms with E-state index >= 15 is 0 Å². The first-order chi connectivity index (χ1) is 5.79. The van der Waals surface area contributed by atoms with E-state index < -0.39 is 0 Å². The van der Waals surface area contributed by atoms with Crippen molar-refractivity contribution in [1.29, 1.82) is 0 Å². The zero-order chi connectivity index (χ0) is 8.97. The van der Waals surface area contributed by atoms with E-state index in [1.165, 1.54) is 18.4 Å². The van der Waals surface area contributed by atoms with Gasteiger partial charge in [0.2, 0.25) is 0 Å². The molecule has 1 aromatic heterocycles. The van der Waals surface area contributed by atoms with Gasteiger partial charge >= 0.3 is 0 Å². The Morgan fingerprint density at radius 3 is 2.92 bits per heavy atom. The van der Waals surface area contributed by atoms with Crippen molar-refractivity contribution in [3.63, 3.8) is 0 Å². The fraction of sp³-hybridized carbons (Fsp3) is 0.100. The van der Waals surface area contributed by atoms with Gasteiger partial charge in [-0.05, 0) is 13.0 Å². The van der Waals surface area contributed by atoms with Crippen LogP contribution in [-0.4, -0.2) is 0 Å². The van der Waals surface area contributed by atoms with Gasteiger partial charge in [0.15, 0.2) is 5.43 Å². The maximum atomic E-state index is 11.2. The summed E-state index contributed by atoms with van der Waals surface area (Å²) >= 11 is 0. The summed E-state index contributed by atoms with van der Waals surface area (Å²) in [5, 5.41) is 0. The van der Waals surface area contributed by atoms with Crippen molar-refractivity contribution in [2.24, 2.45) is 0 Å². The first kappa shape index (κ1) is 8.53. The minimum Gasteiger partial charge on any atom is -0.464 e. The Morgan fingerprint density at radius 2 is 2.33 bits per heavy atom. The van der Waals surface area contributed by atoms with Gasteiger partial charge in [0.25, 0.3) is 0 Å². The van der Waals surface area contributed by atoms with Crippen LogP contribution in [0.15, 0.2) is 34.2 Å². The highest BCUT2D eigenvalue weighted by atomic mass is 16.3. The summed E-state index contributed by atoms with van der Waals surface area (Å²) < 4.78 is 5.07. The second-order valence-electron chi connectivity index (χ2n) is 2.27. The molecule has 0 unspecified atom stereocenters. The van der Waals surface area contributed by atoms with E-state index in [0.29, 0.717) is 11.3 Å². The Kier molecular flexibility index (Phi) is 2.64. The van der Waals surface area contributed by atoms with Crippen LogP contribution in [0, 0.1) is 0 Å². The molecule has 1 heterocycles. The van der Waals surface area contributed by atoms with Crippen molar-refractivity contribution >= 4 is 12.2 Å². The lowest BCUT2D eigenvalue weighted by Gasteiger charge is -1.95. The van der Waals surface area contributed by atoms with E-state index in [-0.39, 0.29) is 5.43 Å². The summed E-state index contributed by atoms with van der Waals surface area (Å²) in [4.78, 5) is 11.2. The Balaban J connectivity index is 3.39.